The number of nitrogens with zero attached hydrogens (tertiary/aromatic N) is 1. The SMILES string of the molecule is CCCCCCCCC(CCCCCCCC)OC(=O)CCCCCN(CCO)CCCCCC(O)OC(CCCCCCCC)CCCCCCCC. The van der Waals surface area contributed by atoms with Gasteiger partial charge in [0.05, 0.1) is 12.7 Å². The Morgan fingerprint density at radius 1 is 0.444 bits per heavy atom. The van der Waals surface area contributed by atoms with Crippen LogP contribution in [0.15, 0.2) is 0 Å². The molecule has 0 spiro atoms. The Bertz CT molecular complexity index is 704. The zero-order chi connectivity index (χ0) is 39.6. The van der Waals surface area contributed by atoms with Gasteiger partial charge in [-0.3, -0.25) is 4.79 Å². The minimum atomic E-state index is -0.656. The molecule has 0 aromatic rings. The van der Waals surface area contributed by atoms with Crippen LogP contribution in [0.3, 0.4) is 0 Å². The molecule has 0 fully saturated rings. The molecule has 1 unspecified atom stereocenters. The van der Waals surface area contributed by atoms with Gasteiger partial charge in [-0.15, -0.1) is 0 Å². The molecule has 0 radical (unpaired) electrons. The Morgan fingerprint density at radius 2 is 0.796 bits per heavy atom. The van der Waals surface area contributed by atoms with Crippen LogP contribution in [0.5, 0.6) is 0 Å². The van der Waals surface area contributed by atoms with Gasteiger partial charge in [0.25, 0.3) is 0 Å². The molecule has 1 atom stereocenters. The molecule has 0 aromatic carbocycles. The van der Waals surface area contributed by atoms with Crippen LogP contribution in [0.25, 0.3) is 0 Å². The van der Waals surface area contributed by atoms with Gasteiger partial charge >= 0.3 is 5.97 Å². The first-order valence-corrected chi connectivity index (χ1v) is 24.4. The monoisotopic (exact) mass is 768 g/mol. The van der Waals surface area contributed by atoms with Crippen LogP contribution < -0.4 is 0 Å². The third kappa shape index (κ3) is 38.2. The molecule has 0 aliphatic rings. The minimum Gasteiger partial charge on any atom is -0.462 e. The lowest BCUT2D eigenvalue weighted by Gasteiger charge is -2.23. The Kier molecular flexibility index (Phi) is 42.9. The second-order valence-electron chi connectivity index (χ2n) is 16.8. The molecule has 2 N–H and O–H groups in total. The van der Waals surface area contributed by atoms with Crippen LogP contribution in [-0.2, 0) is 14.3 Å². The van der Waals surface area contributed by atoms with E-state index in [2.05, 4.69) is 32.6 Å². The van der Waals surface area contributed by atoms with Crippen molar-refractivity contribution in [3.63, 3.8) is 0 Å². The summed E-state index contributed by atoms with van der Waals surface area (Å²) in [6.45, 7) is 11.9. The molecule has 0 bridgehead atoms. The van der Waals surface area contributed by atoms with E-state index in [-0.39, 0.29) is 24.8 Å². The predicted octanol–water partition coefficient (Wildman–Crippen LogP) is 14.0. The van der Waals surface area contributed by atoms with E-state index in [9.17, 15) is 15.0 Å². The van der Waals surface area contributed by atoms with Crippen molar-refractivity contribution in [2.75, 3.05) is 26.2 Å². The van der Waals surface area contributed by atoms with Gasteiger partial charge < -0.3 is 24.6 Å². The first-order chi connectivity index (χ1) is 26.5. The number of carbonyl (C=O) groups is 1. The molecule has 324 valence electrons. The average molecular weight is 768 g/mol. The highest BCUT2D eigenvalue weighted by Crippen LogP contribution is 2.21. The molecule has 6 heteroatoms. The molecule has 0 heterocycles. The predicted molar refractivity (Wildman–Crippen MR) is 233 cm³/mol. The highest BCUT2D eigenvalue weighted by Gasteiger charge is 2.16. The summed E-state index contributed by atoms with van der Waals surface area (Å²) in [5.41, 5.74) is 0. The summed E-state index contributed by atoms with van der Waals surface area (Å²) in [6, 6.07) is 0. The van der Waals surface area contributed by atoms with E-state index in [1.807, 2.05) is 0 Å². The van der Waals surface area contributed by atoms with Crippen molar-refractivity contribution in [2.24, 2.45) is 0 Å². The van der Waals surface area contributed by atoms with Gasteiger partial charge in [-0.05, 0) is 83.7 Å². The highest BCUT2D eigenvalue weighted by molar-refractivity contribution is 5.69. The van der Waals surface area contributed by atoms with Crippen molar-refractivity contribution < 1.29 is 24.5 Å². The number of ether oxygens (including phenoxy) is 2. The number of aliphatic hydroxyl groups excluding tert-OH is 2. The molecule has 0 aliphatic heterocycles. The second kappa shape index (κ2) is 43.4. The molecule has 6 nitrogen and oxygen atoms in total. The molecular formula is C48H97NO5. The summed E-state index contributed by atoms with van der Waals surface area (Å²) in [7, 11) is 0. The quantitative estimate of drug-likeness (QED) is 0.0365. The lowest BCUT2D eigenvalue weighted by Crippen LogP contribution is -2.29. The van der Waals surface area contributed by atoms with E-state index in [0.717, 1.165) is 77.3 Å². The lowest BCUT2D eigenvalue weighted by atomic mass is 10.0. The summed E-state index contributed by atoms with van der Waals surface area (Å²) in [4.78, 5) is 15.2. The van der Waals surface area contributed by atoms with E-state index >= 15 is 0 Å². The molecule has 0 aromatic heterocycles. The number of hydrogen-bond acceptors (Lipinski definition) is 6. The topological polar surface area (TPSA) is 79.2 Å². The van der Waals surface area contributed by atoms with Crippen molar-refractivity contribution in [2.45, 2.75) is 277 Å². The number of aliphatic hydroxyl groups is 2. The van der Waals surface area contributed by atoms with E-state index in [1.54, 1.807) is 0 Å². The molecule has 0 rings (SSSR count). The Balaban J connectivity index is 4.39. The van der Waals surface area contributed by atoms with Gasteiger partial charge in [-0.25, -0.2) is 0 Å². The fourth-order valence-corrected chi connectivity index (χ4v) is 7.78. The second-order valence-corrected chi connectivity index (χ2v) is 16.8. The summed E-state index contributed by atoms with van der Waals surface area (Å²) < 4.78 is 12.3. The smallest absolute Gasteiger partial charge is 0.306 e. The summed E-state index contributed by atoms with van der Waals surface area (Å²) >= 11 is 0. The van der Waals surface area contributed by atoms with Gasteiger partial charge in [0.1, 0.15) is 6.10 Å². The summed E-state index contributed by atoms with van der Waals surface area (Å²) in [5, 5.41) is 20.4. The van der Waals surface area contributed by atoms with Crippen molar-refractivity contribution in [3.05, 3.63) is 0 Å². The molecular weight excluding hydrogens is 671 g/mol. The average Bonchev–Trinajstić information content (AvgIpc) is 3.16. The zero-order valence-corrected chi connectivity index (χ0v) is 37.1. The van der Waals surface area contributed by atoms with Crippen molar-refractivity contribution in [1.29, 1.82) is 0 Å². The largest absolute Gasteiger partial charge is 0.462 e. The Labute approximate surface area is 338 Å². The first kappa shape index (κ1) is 53.3. The van der Waals surface area contributed by atoms with Crippen LogP contribution in [0.2, 0.25) is 0 Å². The minimum absolute atomic E-state index is 0.00788. The summed E-state index contributed by atoms with van der Waals surface area (Å²) in [6.07, 6.45) is 42.0. The Hall–Kier alpha value is -0.690. The standard InChI is InChI=1S/C48H97NO5/c1-5-9-13-17-21-27-35-45(36-28-22-18-14-10-6-2)53-47(51)39-31-25-33-41-49(43-44-50)42-34-26-32-40-48(52)54-46(37-29-23-19-15-11-7-3)38-30-24-20-16-12-8-4/h45-47,50-51H,5-44H2,1-4H3. The van der Waals surface area contributed by atoms with E-state index < -0.39 is 6.29 Å². The van der Waals surface area contributed by atoms with Gasteiger partial charge in [0.15, 0.2) is 6.29 Å². The molecule has 54 heavy (non-hydrogen) atoms. The third-order valence-electron chi connectivity index (χ3n) is 11.4. The number of esters is 1. The van der Waals surface area contributed by atoms with E-state index in [4.69, 9.17) is 9.47 Å². The van der Waals surface area contributed by atoms with E-state index in [1.165, 1.54) is 154 Å². The number of carbonyl (C=O) groups excluding carboxylic acids is 1. The highest BCUT2D eigenvalue weighted by atomic mass is 16.6. The zero-order valence-electron chi connectivity index (χ0n) is 37.1. The van der Waals surface area contributed by atoms with Crippen molar-refractivity contribution >= 4 is 5.97 Å². The fourth-order valence-electron chi connectivity index (χ4n) is 7.78. The summed E-state index contributed by atoms with van der Waals surface area (Å²) in [5.74, 6) is -0.00788. The number of unbranched alkanes of at least 4 members (excludes halogenated alkanes) is 24. The van der Waals surface area contributed by atoms with Gasteiger partial charge in [0, 0.05) is 13.0 Å². The molecule has 0 aliphatic carbocycles. The lowest BCUT2D eigenvalue weighted by molar-refractivity contribution is -0.150. The maximum absolute atomic E-state index is 12.8. The van der Waals surface area contributed by atoms with Crippen molar-refractivity contribution in [3.8, 4) is 0 Å². The van der Waals surface area contributed by atoms with Gasteiger partial charge in [-0.1, -0.05) is 182 Å². The van der Waals surface area contributed by atoms with Crippen LogP contribution in [0, 0.1) is 0 Å². The van der Waals surface area contributed by atoms with Crippen LogP contribution in [-0.4, -0.2) is 65.8 Å². The number of rotatable bonds is 45. The molecule has 0 saturated heterocycles. The van der Waals surface area contributed by atoms with Crippen molar-refractivity contribution in [1.82, 2.24) is 4.90 Å². The van der Waals surface area contributed by atoms with Gasteiger partial charge in [-0.2, -0.15) is 0 Å². The van der Waals surface area contributed by atoms with Crippen LogP contribution in [0.1, 0.15) is 259 Å². The maximum atomic E-state index is 12.8. The fraction of sp³-hybridized carbons (Fsp3) is 0.979. The van der Waals surface area contributed by atoms with Crippen LogP contribution in [0.4, 0.5) is 0 Å². The molecule has 0 saturated carbocycles. The third-order valence-corrected chi connectivity index (χ3v) is 11.4. The van der Waals surface area contributed by atoms with E-state index in [0.29, 0.717) is 19.4 Å². The normalized spacial score (nSPS) is 12.5. The first-order valence-electron chi connectivity index (χ1n) is 24.4. The number of hydrogen-bond donors (Lipinski definition) is 2. The Morgan fingerprint density at radius 3 is 1.22 bits per heavy atom. The maximum Gasteiger partial charge on any atom is 0.306 e. The molecule has 0 amide bonds. The van der Waals surface area contributed by atoms with Gasteiger partial charge in [0.2, 0.25) is 0 Å². The van der Waals surface area contributed by atoms with Crippen LogP contribution >= 0.6 is 0 Å².